The lowest BCUT2D eigenvalue weighted by Crippen LogP contribution is -2.61. The third-order valence-corrected chi connectivity index (χ3v) is 4.11. The van der Waals surface area contributed by atoms with Gasteiger partial charge in [0.1, 0.15) is 0 Å². The van der Waals surface area contributed by atoms with E-state index in [1.807, 2.05) is 0 Å². The van der Waals surface area contributed by atoms with Crippen molar-refractivity contribution in [2.45, 2.75) is 71.9 Å². The van der Waals surface area contributed by atoms with E-state index in [0.717, 1.165) is 25.4 Å². The Morgan fingerprint density at radius 1 is 1.35 bits per heavy atom. The Hall–Kier alpha value is -0.120. The molecule has 0 aromatic rings. The van der Waals surface area contributed by atoms with Gasteiger partial charge in [-0.05, 0) is 43.9 Å². The number of nitrogens with one attached hydrogen (secondary N) is 1. The predicted molar refractivity (Wildman–Crippen MR) is 72.6 cm³/mol. The fourth-order valence-corrected chi connectivity index (χ4v) is 3.25. The summed E-state index contributed by atoms with van der Waals surface area (Å²) in [7, 11) is 0. The zero-order valence-electron chi connectivity index (χ0n) is 12.2. The molecule has 1 aliphatic rings. The second-order valence-corrected chi connectivity index (χ2v) is 6.65. The molecule has 0 bridgehead atoms. The van der Waals surface area contributed by atoms with Crippen LogP contribution in [0.3, 0.4) is 0 Å². The van der Waals surface area contributed by atoms with Crippen molar-refractivity contribution in [1.82, 2.24) is 5.43 Å². The summed E-state index contributed by atoms with van der Waals surface area (Å²) < 4.78 is 6.16. The first-order valence-electron chi connectivity index (χ1n) is 6.96. The fourth-order valence-electron chi connectivity index (χ4n) is 3.25. The van der Waals surface area contributed by atoms with Gasteiger partial charge in [0.15, 0.2) is 0 Å². The van der Waals surface area contributed by atoms with Gasteiger partial charge in [-0.15, -0.1) is 0 Å². The molecule has 0 amide bonds. The molecule has 0 radical (unpaired) electrons. The van der Waals surface area contributed by atoms with Gasteiger partial charge in [-0.3, -0.25) is 11.3 Å². The molecule has 3 heteroatoms. The molecule has 1 fully saturated rings. The number of hydrazine groups is 1. The molecule has 1 rings (SSSR count). The second-order valence-electron chi connectivity index (χ2n) is 6.65. The monoisotopic (exact) mass is 242 g/mol. The topological polar surface area (TPSA) is 47.3 Å². The van der Waals surface area contributed by atoms with E-state index in [9.17, 15) is 0 Å². The Balaban J connectivity index is 2.89. The average molecular weight is 242 g/mol. The molecule has 1 saturated carbocycles. The molecule has 0 aromatic heterocycles. The molecule has 0 aliphatic heterocycles. The van der Waals surface area contributed by atoms with E-state index in [2.05, 4.69) is 40.0 Å². The summed E-state index contributed by atoms with van der Waals surface area (Å²) in [5, 5.41) is 0. The highest BCUT2D eigenvalue weighted by Gasteiger charge is 2.46. The SMILES string of the molecule is CCOC1(C(NN)C(C)(C)C)CCC(C)CC1. The minimum atomic E-state index is -0.0751. The van der Waals surface area contributed by atoms with Crippen LogP contribution in [0.5, 0.6) is 0 Å². The van der Waals surface area contributed by atoms with E-state index in [-0.39, 0.29) is 17.1 Å². The van der Waals surface area contributed by atoms with E-state index in [1.165, 1.54) is 12.8 Å². The first-order chi connectivity index (χ1) is 7.85. The van der Waals surface area contributed by atoms with E-state index in [0.29, 0.717) is 0 Å². The van der Waals surface area contributed by atoms with Gasteiger partial charge in [0, 0.05) is 6.61 Å². The number of hydrogen-bond acceptors (Lipinski definition) is 3. The maximum Gasteiger partial charge on any atom is 0.0853 e. The Kier molecular flexibility index (Phi) is 4.99. The zero-order valence-corrected chi connectivity index (χ0v) is 12.2. The van der Waals surface area contributed by atoms with Crippen LogP contribution in [0.4, 0.5) is 0 Å². The van der Waals surface area contributed by atoms with Crippen LogP contribution in [0.15, 0.2) is 0 Å². The minimum absolute atomic E-state index is 0.0751. The fraction of sp³-hybridized carbons (Fsp3) is 1.00. The van der Waals surface area contributed by atoms with Gasteiger partial charge in [-0.2, -0.15) is 0 Å². The third kappa shape index (κ3) is 3.43. The molecule has 1 unspecified atom stereocenters. The summed E-state index contributed by atoms with van der Waals surface area (Å²) in [4.78, 5) is 0. The van der Waals surface area contributed by atoms with Crippen LogP contribution in [-0.2, 0) is 4.74 Å². The largest absolute Gasteiger partial charge is 0.374 e. The van der Waals surface area contributed by atoms with E-state index < -0.39 is 0 Å². The normalized spacial score (nSPS) is 32.5. The predicted octanol–water partition coefficient (Wildman–Crippen LogP) is 2.85. The highest BCUT2D eigenvalue weighted by molar-refractivity contribution is 5.00. The molecule has 3 N–H and O–H groups in total. The van der Waals surface area contributed by atoms with Crippen molar-refractivity contribution in [2.75, 3.05) is 6.61 Å². The third-order valence-electron chi connectivity index (χ3n) is 4.11. The standard InChI is InChI=1S/C14H30N2O/c1-6-17-14(9-7-11(2)8-10-14)12(16-15)13(3,4)5/h11-12,16H,6-10,15H2,1-5H3. The number of hydrogen-bond donors (Lipinski definition) is 2. The first kappa shape index (κ1) is 14.9. The Morgan fingerprint density at radius 3 is 2.24 bits per heavy atom. The molecule has 0 aromatic carbocycles. The van der Waals surface area contributed by atoms with Crippen molar-refractivity contribution in [1.29, 1.82) is 0 Å². The number of ether oxygens (including phenoxy) is 1. The maximum atomic E-state index is 6.16. The van der Waals surface area contributed by atoms with Gasteiger partial charge in [0.2, 0.25) is 0 Å². The molecule has 0 heterocycles. The highest BCUT2D eigenvalue weighted by Crippen LogP contribution is 2.42. The molecule has 0 saturated heterocycles. The van der Waals surface area contributed by atoms with E-state index >= 15 is 0 Å². The summed E-state index contributed by atoms with van der Waals surface area (Å²) in [6, 6.07) is 0.211. The number of nitrogens with two attached hydrogens (primary N) is 1. The summed E-state index contributed by atoms with van der Waals surface area (Å²) in [6.45, 7) is 11.9. The summed E-state index contributed by atoms with van der Waals surface area (Å²) >= 11 is 0. The summed E-state index contributed by atoms with van der Waals surface area (Å²) in [5.41, 5.74) is 3.07. The van der Waals surface area contributed by atoms with Gasteiger partial charge in [-0.25, -0.2) is 0 Å². The van der Waals surface area contributed by atoms with E-state index in [1.54, 1.807) is 0 Å². The molecule has 1 atom stereocenters. The molecule has 1 aliphatic carbocycles. The molecular weight excluding hydrogens is 212 g/mol. The van der Waals surface area contributed by atoms with Gasteiger partial charge < -0.3 is 4.74 Å². The minimum Gasteiger partial charge on any atom is -0.374 e. The van der Waals surface area contributed by atoms with Crippen LogP contribution in [0, 0.1) is 11.3 Å². The Bertz CT molecular complexity index is 227. The van der Waals surface area contributed by atoms with Crippen molar-refractivity contribution >= 4 is 0 Å². The summed E-state index contributed by atoms with van der Waals surface area (Å²) in [6.07, 6.45) is 4.73. The van der Waals surface area contributed by atoms with Crippen molar-refractivity contribution < 1.29 is 4.74 Å². The van der Waals surface area contributed by atoms with Crippen molar-refractivity contribution in [3.05, 3.63) is 0 Å². The van der Waals surface area contributed by atoms with Gasteiger partial charge in [0.05, 0.1) is 11.6 Å². The lowest BCUT2D eigenvalue weighted by Gasteiger charge is -2.49. The van der Waals surface area contributed by atoms with E-state index in [4.69, 9.17) is 10.6 Å². The lowest BCUT2D eigenvalue weighted by atomic mass is 9.68. The average Bonchev–Trinajstić information content (AvgIpc) is 2.22. The van der Waals surface area contributed by atoms with Crippen molar-refractivity contribution in [3.8, 4) is 0 Å². The van der Waals surface area contributed by atoms with Gasteiger partial charge in [0.25, 0.3) is 0 Å². The van der Waals surface area contributed by atoms with Crippen LogP contribution in [0.2, 0.25) is 0 Å². The highest BCUT2D eigenvalue weighted by atomic mass is 16.5. The quantitative estimate of drug-likeness (QED) is 0.588. The molecule has 3 nitrogen and oxygen atoms in total. The van der Waals surface area contributed by atoms with Crippen LogP contribution in [-0.4, -0.2) is 18.2 Å². The molecule has 102 valence electrons. The lowest BCUT2D eigenvalue weighted by molar-refractivity contribution is -0.118. The van der Waals surface area contributed by atoms with Crippen molar-refractivity contribution in [2.24, 2.45) is 17.2 Å². The first-order valence-corrected chi connectivity index (χ1v) is 6.96. The maximum absolute atomic E-state index is 6.16. The summed E-state index contributed by atoms with van der Waals surface area (Å²) in [5.74, 6) is 6.63. The van der Waals surface area contributed by atoms with Gasteiger partial charge in [-0.1, -0.05) is 27.7 Å². The zero-order chi connectivity index (χ0) is 13.1. The molecule has 0 spiro atoms. The van der Waals surface area contributed by atoms with Crippen molar-refractivity contribution in [3.63, 3.8) is 0 Å². The van der Waals surface area contributed by atoms with Crippen LogP contribution < -0.4 is 11.3 Å². The molecule has 17 heavy (non-hydrogen) atoms. The smallest absolute Gasteiger partial charge is 0.0853 e. The Morgan fingerprint density at radius 2 is 1.88 bits per heavy atom. The van der Waals surface area contributed by atoms with Crippen LogP contribution >= 0.6 is 0 Å². The second kappa shape index (κ2) is 5.68. The van der Waals surface area contributed by atoms with Gasteiger partial charge >= 0.3 is 0 Å². The van der Waals surface area contributed by atoms with Crippen LogP contribution in [0.1, 0.15) is 60.3 Å². The number of rotatable bonds is 4. The van der Waals surface area contributed by atoms with Crippen LogP contribution in [0.25, 0.3) is 0 Å². The molecular formula is C14H30N2O. The Labute approximate surface area is 106 Å².